The van der Waals surface area contributed by atoms with Gasteiger partial charge in [0, 0.05) is 0 Å². The summed E-state index contributed by atoms with van der Waals surface area (Å²) in [6.07, 6.45) is 14.0. The van der Waals surface area contributed by atoms with E-state index in [1.165, 1.54) is 64.2 Å². The van der Waals surface area contributed by atoms with Gasteiger partial charge in [0.05, 0.1) is 0 Å². The first kappa shape index (κ1) is 13.8. The van der Waals surface area contributed by atoms with Gasteiger partial charge in [-0.05, 0) is 57.3 Å². The molecule has 94 valence electrons. The number of hydrogen-bond donors (Lipinski definition) is 0. The summed E-state index contributed by atoms with van der Waals surface area (Å²) in [7, 11) is 0. The number of allylic oxidation sites excluding steroid dienone is 2. The molecule has 0 amide bonds. The maximum absolute atomic E-state index is 2.37. The molecule has 1 aliphatic carbocycles. The summed E-state index contributed by atoms with van der Waals surface area (Å²) >= 11 is 0. The van der Waals surface area contributed by atoms with E-state index in [0.29, 0.717) is 0 Å². The van der Waals surface area contributed by atoms with E-state index in [-0.39, 0.29) is 0 Å². The van der Waals surface area contributed by atoms with Crippen LogP contribution in [0.4, 0.5) is 0 Å². The summed E-state index contributed by atoms with van der Waals surface area (Å²) < 4.78 is 0. The molecule has 0 aromatic heterocycles. The van der Waals surface area contributed by atoms with Gasteiger partial charge in [0.15, 0.2) is 0 Å². The summed E-state index contributed by atoms with van der Waals surface area (Å²) in [4.78, 5) is 0. The molecule has 16 heavy (non-hydrogen) atoms. The highest BCUT2D eigenvalue weighted by molar-refractivity contribution is 5.20. The van der Waals surface area contributed by atoms with E-state index >= 15 is 0 Å². The van der Waals surface area contributed by atoms with Crippen molar-refractivity contribution in [2.75, 3.05) is 0 Å². The lowest BCUT2D eigenvalue weighted by Crippen LogP contribution is -2.12. The second kappa shape index (κ2) is 7.92. The van der Waals surface area contributed by atoms with Crippen LogP contribution in [0.5, 0.6) is 0 Å². The maximum atomic E-state index is 2.37. The Labute approximate surface area is 103 Å². The summed E-state index contributed by atoms with van der Waals surface area (Å²) in [5.41, 5.74) is 3.73. The molecule has 0 fully saturated rings. The molecule has 1 atom stereocenters. The largest absolute Gasteiger partial charge is 0.0707 e. The highest BCUT2D eigenvalue weighted by Crippen LogP contribution is 2.37. The van der Waals surface area contributed by atoms with E-state index in [2.05, 4.69) is 20.8 Å². The van der Waals surface area contributed by atoms with Crippen molar-refractivity contribution in [3.63, 3.8) is 0 Å². The number of hydrogen-bond acceptors (Lipinski definition) is 0. The number of rotatable bonds is 7. The first-order valence-corrected chi connectivity index (χ1v) is 7.54. The molecule has 0 radical (unpaired) electrons. The fraction of sp³-hybridized carbons (Fsp3) is 0.875. The zero-order valence-electron chi connectivity index (χ0n) is 11.6. The monoisotopic (exact) mass is 222 g/mol. The van der Waals surface area contributed by atoms with E-state index in [0.717, 1.165) is 5.92 Å². The van der Waals surface area contributed by atoms with Crippen LogP contribution in [-0.4, -0.2) is 0 Å². The van der Waals surface area contributed by atoms with Gasteiger partial charge >= 0.3 is 0 Å². The summed E-state index contributed by atoms with van der Waals surface area (Å²) in [6.45, 7) is 7.00. The van der Waals surface area contributed by atoms with Gasteiger partial charge in [-0.1, -0.05) is 44.8 Å². The quantitative estimate of drug-likeness (QED) is 0.472. The van der Waals surface area contributed by atoms with E-state index < -0.39 is 0 Å². The van der Waals surface area contributed by atoms with Crippen LogP contribution in [0.2, 0.25) is 0 Å². The van der Waals surface area contributed by atoms with Crippen LogP contribution >= 0.6 is 0 Å². The van der Waals surface area contributed by atoms with Crippen LogP contribution in [0.25, 0.3) is 0 Å². The summed E-state index contributed by atoms with van der Waals surface area (Å²) in [5, 5.41) is 0. The lowest BCUT2D eigenvalue weighted by Gasteiger charge is -2.28. The van der Waals surface area contributed by atoms with Crippen molar-refractivity contribution < 1.29 is 0 Å². The summed E-state index contributed by atoms with van der Waals surface area (Å²) in [5.74, 6) is 0.937. The van der Waals surface area contributed by atoms with Crippen molar-refractivity contribution in [2.45, 2.75) is 85.0 Å². The Morgan fingerprint density at radius 2 is 1.69 bits per heavy atom. The standard InChI is InChI=1S/C16H30/c1-4-7-10-15-12-9-11-14(6-3)16(15)13-8-5-2/h14H,4-13H2,1-3H3. The van der Waals surface area contributed by atoms with Gasteiger partial charge in [-0.15, -0.1) is 0 Å². The van der Waals surface area contributed by atoms with Gasteiger partial charge in [-0.3, -0.25) is 0 Å². The molecule has 1 aliphatic rings. The molecular weight excluding hydrogens is 192 g/mol. The molecule has 0 bridgehead atoms. The predicted octanol–water partition coefficient (Wildman–Crippen LogP) is 5.87. The average molecular weight is 222 g/mol. The van der Waals surface area contributed by atoms with Gasteiger partial charge in [-0.25, -0.2) is 0 Å². The molecule has 1 unspecified atom stereocenters. The molecule has 1 rings (SSSR count). The minimum atomic E-state index is 0.937. The van der Waals surface area contributed by atoms with Crippen molar-refractivity contribution in [3.05, 3.63) is 11.1 Å². The van der Waals surface area contributed by atoms with Gasteiger partial charge in [0.1, 0.15) is 0 Å². The molecule has 0 saturated heterocycles. The van der Waals surface area contributed by atoms with Crippen molar-refractivity contribution in [1.29, 1.82) is 0 Å². The number of unbranched alkanes of at least 4 members (excludes halogenated alkanes) is 2. The molecule has 0 aromatic rings. The Kier molecular flexibility index (Phi) is 6.84. The Hall–Kier alpha value is -0.260. The molecule has 0 spiro atoms. The van der Waals surface area contributed by atoms with Crippen molar-refractivity contribution in [1.82, 2.24) is 0 Å². The van der Waals surface area contributed by atoms with E-state index in [1.807, 2.05) is 11.1 Å². The summed E-state index contributed by atoms with van der Waals surface area (Å²) in [6, 6.07) is 0. The Bertz CT molecular complexity index is 212. The fourth-order valence-corrected chi connectivity index (χ4v) is 3.06. The molecule has 0 saturated carbocycles. The highest BCUT2D eigenvalue weighted by Gasteiger charge is 2.20. The van der Waals surface area contributed by atoms with Crippen LogP contribution in [0.15, 0.2) is 11.1 Å². The van der Waals surface area contributed by atoms with E-state index in [1.54, 1.807) is 0 Å². The molecule has 0 nitrogen and oxygen atoms in total. The molecule has 0 aliphatic heterocycles. The SMILES string of the molecule is CCCCC1=C(CCCC)C(CC)CCC1. The van der Waals surface area contributed by atoms with Gasteiger partial charge in [0.2, 0.25) is 0 Å². The minimum absolute atomic E-state index is 0.937. The average Bonchev–Trinajstić information content (AvgIpc) is 2.33. The first-order valence-electron chi connectivity index (χ1n) is 7.54. The van der Waals surface area contributed by atoms with Crippen molar-refractivity contribution >= 4 is 0 Å². The van der Waals surface area contributed by atoms with Gasteiger partial charge < -0.3 is 0 Å². The molecule has 0 N–H and O–H groups in total. The third-order valence-electron chi connectivity index (χ3n) is 4.10. The van der Waals surface area contributed by atoms with E-state index in [4.69, 9.17) is 0 Å². The third kappa shape index (κ3) is 3.96. The van der Waals surface area contributed by atoms with Crippen LogP contribution in [0, 0.1) is 5.92 Å². The lowest BCUT2D eigenvalue weighted by atomic mass is 9.78. The van der Waals surface area contributed by atoms with Crippen LogP contribution in [0.3, 0.4) is 0 Å². The molecule has 0 heteroatoms. The zero-order valence-corrected chi connectivity index (χ0v) is 11.6. The Morgan fingerprint density at radius 1 is 1.00 bits per heavy atom. The van der Waals surface area contributed by atoms with Gasteiger partial charge in [0.25, 0.3) is 0 Å². The second-order valence-electron chi connectivity index (χ2n) is 5.33. The fourth-order valence-electron chi connectivity index (χ4n) is 3.06. The van der Waals surface area contributed by atoms with Crippen molar-refractivity contribution in [3.8, 4) is 0 Å². The Morgan fingerprint density at radius 3 is 2.31 bits per heavy atom. The molecular formula is C16H30. The normalized spacial score (nSPS) is 21.6. The van der Waals surface area contributed by atoms with Crippen LogP contribution in [0.1, 0.15) is 85.0 Å². The minimum Gasteiger partial charge on any atom is -0.0707 e. The topological polar surface area (TPSA) is 0 Å². The second-order valence-corrected chi connectivity index (χ2v) is 5.33. The maximum Gasteiger partial charge on any atom is -0.0203 e. The van der Waals surface area contributed by atoms with Crippen LogP contribution < -0.4 is 0 Å². The van der Waals surface area contributed by atoms with E-state index in [9.17, 15) is 0 Å². The highest BCUT2D eigenvalue weighted by atomic mass is 14.3. The first-order chi connectivity index (χ1) is 7.83. The molecule has 0 heterocycles. The smallest absolute Gasteiger partial charge is 0.0203 e. The molecule has 0 aromatic carbocycles. The van der Waals surface area contributed by atoms with Crippen LogP contribution in [-0.2, 0) is 0 Å². The lowest BCUT2D eigenvalue weighted by molar-refractivity contribution is 0.454. The predicted molar refractivity (Wildman–Crippen MR) is 73.7 cm³/mol. The third-order valence-corrected chi connectivity index (χ3v) is 4.10. The van der Waals surface area contributed by atoms with Gasteiger partial charge in [-0.2, -0.15) is 0 Å². The Balaban J connectivity index is 2.68. The van der Waals surface area contributed by atoms with Crippen molar-refractivity contribution in [2.24, 2.45) is 5.92 Å². The zero-order chi connectivity index (χ0) is 11.8.